The monoisotopic (exact) mass is 290 g/mol. The number of benzene rings is 1. The SMILES string of the molecule is CNc1ncnc(Nc2ccc(C)cc2Cl)c1C(C)C. The summed E-state index contributed by atoms with van der Waals surface area (Å²) in [6.07, 6.45) is 1.54. The van der Waals surface area contributed by atoms with Crippen LogP contribution < -0.4 is 10.6 Å². The van der Waals surface area contributed by atoms with Gasteiger partial charge in [-0.2, -0.15) is 0 Å². The largest absolute Gasteiger partial charge is 0.373 e. The van der Waals surface area contributed by atoms with E-state index in [1.807, 2.05) is 32.2 Å². The van der Waals surface area contributed by atoms with Crippen LogP contribution in [0.5, 0.6) is 0 Å². The molecule has 0 unspecified atom stereocenters. The average molecular weight is 291 g/mol. The van der Waals surface area contributed by atoms with Crippen molar-refractivity contribution in [3.8, 4) is 0 Å². The number of aryl methyl sites for hydroxylation is 1. The van der Waals surface area contributed by atoms with Crippen molar-refractivity contribution >= 4 is 28.9 Å². The highest BCUT2D eigenvalue weighted by atomic mass is 35.5. The fraction of sp³-hybridized carbons (Fsp3) is 0.333. The number of nitrogens with one attached hydrogen (secondary N) is 2. The molecular weight excluding hydrogens is 272 g/mol. The van der Waals surface area contributed by atoms with E-state index in [0.29, 0.717) is 10.9 Å². The van der Waals surface area contributed by atoms with Crippen LogP contribution in [0.15, 0.2) is 24.5 Å². The van der Waals surface area contributed by atoms with Crippen LogP contribution in [0.1, 0.15) is 30.9 Å². The van der Waals surface area contributed by atoms with Crippen molar-refractivity contribution in [3.63, 3.8) is 0 Å². The standard InChI is InChI=1S/C15H19ClN4/c1-9(2)13-14(17-4)18-8-19-15(13)20-12-6-5-10(3)7-11(12)16/h5-9H,1-4H3,(H2,17,18,19,20). The highest BCUT2D eigenvalue weighted by Crippen LogP contribution is 2.32. The Balaban J connectivity index is 2.43. The van der Waals surface area contributed by atoms with E-state index in [4.69, 9.17) is 11.6 Å². The van der Waals surface area contributed by atoms with Crippen LogP contribution in [-0.4, -0.2) is 17.0 Å². The predicted molar refractivity (Wildman–Crippen MR) is 85.1 cm³/mol. The second-order valence-electron chi connectivity index (χ2n) is 5.00. The van der Waals surface area contributed by atoms with Crippen LogP contribution in [-0.2, 0) is 0 Å². The van der Waals surface area contributed by atoms with Crippen molar-refractivity contribution in [1.82, 2.24) is 9.97 Å². The maximum Gasteiger partial charge on any atom is 0.139 e. The maximum atomic E-state index is 6.26. The number of hydrogen-bond acceptors (Lipinski definition) is 4. The molecule has 0 saturated carbocycles. The first-order chi connectivity index (χ1) is 9.52. The number of hydrogen-bond donors (Lipinski definition) is 2. The van der Waals surface area contributed by atoms with Crippen LogP contribution >= 0.6 is 11.6 Å². The van der Waals surface area contributed by atoms with Gasteiger partial charge in [0.1, 0.15) is 18.0 Å². The van der Waals surface area contributed by atoms with Gasteiger partial charge in [0.25, 0.3) is 0 Å². The third-order valence-electron chi connectivity index (χ3n) is 3.08. The molecule has 1 aromatic heterocycles. The highest BCUT2D eigenvalue weighted by molar-refractivity contribution is 6.33. The van der Waals surface area contributed by atoms with Gasteiger partial charge in [-0.15, -0.1) is 0 Å². The molecule has 0 aliphatic rings. The van der Waals surface area contributed by atoms with E-state index in [0.717, 1.165) is 28.5 Å². The molecule has 2 aromatic rings. The zero-order valence-electron chi connectivity index (χ0n) is 12.2. The molecular formula is C15H19ClN4. The minimum atomic E-state index is 0.297. The lowest BCUT2D eigenvalue weighted by Crippen LogP contribution is -2.07. The highest BCUT2D eigenvalue weighted by Gasteiger charge is 2.15. The normalized spacial score (nSPS) is 10.7. The van der Waals surface area contributed by atoms with Gasteiger partial charge in [-0.3, -0.25) is 0 Å². The Bertz CT molecular complexity index is 611. The summed E-state index contributed by atoms with van der Waals surface area (Å²) >= 11 is 6.26. The van der Waals surface area contributed by atoms with E-state index >= 15 is 0 Å². The van der Waals surface area contributed by atoms with Crippen LogP contribution in [0.4, 0.5) is 17.3 Å². The third-order valence-corrected chi connectivity index (χ3v) is 3.39. The Morgan fingerprint density at radius 3 is 2.45 bits per heavy atom. The van der Waals surface area contributed by atoms with Crippen molar-refractivity contribution < 1.29 is 0 Å². The molecule has 0 aliphatic carbocycles. The Morgan fingerprint density at radius 1 is 1.15 bits per heavy atom. The van der Waals surface area contributed by atoms with Gasteiger partial charge in [0, 0.05) is 12.6 Å². The molecule has 0 bridgehead atoms. The van der Waals surface area contributed by atoms with Crippen molar-refractivity contribution in [2.24, 2.45) is 0 Å². The summed E-state index contributed by atoms with van der Waals surface area (Å²) in [6.45, 7) is 6.24. The number of halogens is 1. The number of aromatic nitrogens is 2. The Morgan fingerprint density at radius 2 is 1.85 bits per heavy atom. The van der Waals surface area contributed by atoms with Crippen molar-refractivity contribution in [2.45, 2.75) is 26.7 Å². The maximum absolute atomic E-state index is 6.26. The van der Waals surface area contributed by atoms with Crippen LogP contribution in [0.2, 0.25) is 5.02 Å². The van der Waals surface area contributed by atoms with E-state index < -0.39 is 0 Å². The first-order valence-corrected chi connectivity index (χ1v) is 6.96. The van der Waals surface area contributed by atoms with Crippen molar-refractivity contribution in [3.05, 3.63) is 40.7 Å². The summed E-state index contributed by atoms with van der Waals surface area (Å²) in [7, 11) is 1.86. The lowest BCUT2D eigenvalue weighted by atomic mass is 10.0. The Labute approximate surface area is 124 Å². The van der Waals surface area contributed by atoms with E-state index in [-0.39, 0.29) is 0 Å². The first-order valence-electron chi connectivity index (χ1n) is 6.58. The lowest BCUT2D eigenvalue weighted by molar-refractivity contribution is 0.852. The molecule has 106 valence electrons. The Hall–Kier alpha value is -1.81. The molecule has 0 radical (unpaired) electrons. The fourth-order valence-electron chi connectivity index (χ4n) is 2.09. The summed E-state index contributed by atoms with van der Waals surface area (Å²) in [6, 6.07) is 5.91. The quantitative estimate of drug-likeness (QED) is 0.879. The van der Waals surface area contributed by atoms with Crippen LogP contribution in [0.25, 0.3) is 0 Å². The zero-order valence-corrected chi connectivity index (χ0v) is 12.9. The number of anilines is 3. The fourth-order valence-corrected chi connectivity index (χ4v) is 2.37. The van der Waals surface area contributed by atoms with Gasteiger partial charge in [-0.05, 0) is 30.5 Å². The summed E-state index contributed by atoms with van der Waals surface area (Å²) in [5.41, 5.74) is 3.02. The molecule has 2 N–H and O–H groups in total. The smallest absolute Gasteiger partial charge is 0.139 e. The summed E-state index contributed by atoms with van der Waals surface area (Å²) < 4.78 is 0. The molecule has 1 aromatic carbocycles. The van der Waals surface area contributed by atoms with Gasteiger partial charge in [-0.25, -0.2) is 9.97 Å². The predicted octanol–water partition coefficient (Wildman–Crippen LogP) is 4.35. The third kappa shape index (κ3) is 3.02. The van der Waals surface area contributed by atoms with E-state index in [1.54, 1.807) is 6.33 Å². The van der Waals surface area contributed by atoms with Gasteiger partial charge in [0.2, 0.25) is 0 Å². The second-order valence-corrected chi connectivity index (χ2v) is 5.40. The van der Waals surface area contributed by atoms with E-state index in [1.165, 1.54) is 0 Å². The van der Waals surface area contributed by atoms with Gasteiger partial charge in [0.05, 0.1) is 10.7 Å². The minimum absolute atomic E-state index is 0.297. The molecule has 0 atom stereocenters. The molecule has 0 amide bonds. The molecule has 1 heterocycles. The molecule has 0 saturated heterocycles. The molecule has 0 spiro atoms. The molecule has 2 rings (SSSR count). The zero-order chi connectivity index (χ0) is 14.7. The molecule has 0 aliphatic heterocycles. The molecule has 5 heteroatoms. The summed E-state index contributed by atoms with van der Waals surface area (Å²) in [5, 5.41) is 7.09. The van der Waals surface area contributed by atoms with Gasteiger partial charge >= 0.3 is 0 Å². The second kappa shape index (κ2) is 6.09. The van der Waals surface area contributed by atoms with Crippen LogP contribution in [0, 0.1) is 6.92 Å². The topological polar surface area (TPSA) is 49.8 Å². The number of nitrogens with zero attached hydrogens (tertiary/aromatic N) is 2. The first kappa shape index (κ1) is 14.6. The van der Waals surface area contributed by atoms with Gasteiger partial charge in [-0.1, -0.05) is 31.5 Å². The van der Waals surface area contributed by atoms with Crippen molar-refractivity contribution in [2.75, 3.05) is 17.7 Å². The molecule has 20 heavy (non-hydrogen) atoms. The van der Waals surface area contributed by atoms with Gasteiger partial charge in [0.15, 0.2) is 0 Å². The molecule has 0 fully saturated rings. The number of rotatable bonds is 4. The van der Waals surface area contributed by atoms with Gasteiger partial charge < -0.3 is 10.6 Å². The minimum Gasteiger partial charge on any atom is -0.373 e. The summed E-state index contributed by atoms with van der Waals surface area (Å²) in [5.74, 6) is 1.91. The average Bonchev–Trinajstić information content (AvgIpc) is 2.41. The summed E-state index contributed by atoms with van der Waals surface area (Å²) in [4.78, 5) is 8.61. The Kier molecular flexibility index (Phi) is 4.45. The van der Waals surface area contributed by atoms with E-state index in [2.05, 4.69) is 34.4 Å². The lowest BCUT2D eigenvalue weighted by Gasteiger charge is -2.17. The van der Waals surface area contributed by atoms with Crippen LogP contribution in [0.3, 0.4) is 0 Å². The van der Waals surface area contributed by atoms with Crippen molar-refractivity contribution in [1.29, 1.82) is 0 Å². The molecule has 4 nitrogen and oxygen atoms in total. The van der Waals surface area contributed by atoms with E-state index in [9.17, 15) is 0 Å².